The number of amides is 2. The number of aromatic nitrogens is 4. The Morgan fingerprint density at radius 3 is 2.90 bits per heavy atom. The summed E-state index contributed by atoms with van der Waals surface area (Å²) >= 11 is 4.62. The molecule has 3 aliphatic heterocycles. The third kappa shape index (κ3) is 4.23. The number of β-lactam (4-membered cyclic amide) rings is 1. The monoisotopic (exact) mass is 458 g/mol. The number of hydrazine groups is 1. The average molecular weight is 459 g/mol. The third-order valence-electron chi connectivity index (χ3n) is 4.45. The van der Waals surface area contributed by atoms with Crippen molar-refractivity contribution in [3.63, 3.8) is 0 Å². The number of nitrogens with one attached hydrogen (secondary N) is 3. The molecular weight excluding hydrogens is 440 g/mol. The van der Waals surface area contributed by atoms with Gasteiger partial charge in [-0.3, -0.25) is 9.59 Å². The van der Waals surface area contributed by atoms with Crippen LogP contribution in [0.1, 0.15) is 6.92 Å². The van der Waals surface area contributed by atoms with Gasteiger partial charge >= 0.3 is 5.97 Å². The van der Waals surface area contributed by atoms with Gasteiger partial charge in [0.15, 0.2) is 6.04 Å². The van der Waals surface area contributed by atoms with Crippen LogP contribution in [0.5, 0.6) is 0 Å². The molecule has 0 spiro atoms. The van der Waals surface area contributed by atoms with Crippen LogP contribution in [0, 0.1) is 0 Å². The first-order valence-corrected chi connectivity index (χ1v) is 11.5. The average Bonchev–Trinajstić information content (AvgIpc) is 3.35. The Hall–Kier alpha value is -1.81. The predicted molar refractivity (Wildman–Crippen MR) is 107 cm³/mol. The molecule has 3 unspecified atom stereocenters. The summed E-state index contributed by atoms with van der Waals surface area (Å²) in [7, 11) is 0. The van der Waals surface area contributed by atoms with Crippen molar-refractivity contribution < 1.29 is 19.5 Å². The number of aliphatic carboxylic acids is 1. The first-order chi connectivity index (χ1) is 13.9. The smallest absolute Gasteiger partial charge is 0.330 e. The molecular formula is C14H18N8O4S3. The Kier molecular flexibility index (Phi) is 6.00. The summed E-state index contributed by atoms with van der Waals surface area (Å²) in [5, 5.41) is 24.5. The maximum atomic E-state index is 12.6. The van der Waals surface area contributed by atoms with Crippen LogP contribution in [-0.2, 0) is 20.9 Å². The Labute approximate surface area is 177 Å². The number of nitrogens with zero attached hydrogens (tertiary/aromatic N) is 5. The van der Waals surface area contributed by atoms with Gasteiger partial charge in [-0.1, -0.05) is 0 Å². The highest BCUT2D eigenvalue weighted by atomic mass is 32.2. The van der Waals surface area contributed by atoms with Crippen molar-refractivity contribution in [2.24, 2.45) is 0 Å². The van der Waals surface area contributed by atoms with Gasteiger partial charge < -0.3 is 15.3 Å². The summed E-state index contributed by atoms with van der Waals surface area (Å²) in [6, 6.07) is -1.79. The van der Waals surface area contributed by atoms with E-state index < -0.39 is 35.2 Å². The highest BCUT2D eigenvalue weighted by molar-refractivity contribution is 8.17. The van der Waals surface area contributed by atoms with Gasteiger partial charge in [0.2, 0.25) is 11.8 Å². The SMILES string of the molecule is CC1NNC(SCC2=CS[C@@H]3[C@H](NC(=O)Cn4cnnn4)C(=O)N3C2C(=O)O)S1. The van der Waals surface area contributed by atoms with Crippen LogP contribution in [0.3, 0.4) is 0 Å². The maximum absolute atomic E-state index is 12.6. The number of fused-ring (bicyclic) bond motifs is 1. The third-order valence-corrected chi connectivity index (χ3v) is 8.22. The molecule has 15 heteroatoms. The van der Waals surface area contributed by atoms with Crippen molar-refractivity contribution in [2.45, 2.75) is 41.0 Å². The minimum atomic E-state index is -1.08. The van der Waals surface area contributed by atoms with E-state index in [1.807, 2.05) is 6.92 Å². The highest BCUT2D eigenvalue weighted by Crippen LogP contribution is 2.41. The van der Waals surface area contributed by atoms with Crippen LogP contribution >= 0.6 is 35.3 Å². The lowest BCUT2D eigenvalue weighted by Gasteiger charge is -2.51. The van der Waals surface area contributed by atoms with Gasteiger partial charge in [0.25, 0.3) is 0 Å². The molecule has 0 bridgehead atoms. The first kappa shape index (κ1) is 20.5. The van der Waals surface area contributed by atoms with Crippen molar-refractivity contribution in [2.75, 3.05) is 5.75 Å². The molecule has 156 valence electrons. The normalized spacial score (nSPS) is 31.1. The van der Waals surface area contributed by atoms with E-state index in [1.54, 1.807) is 28.9 Å². The second kappa shape index (κ2) is 8.51. The van der Waals surface area contributed by atoms with Crippen molar-refractivity contribution in [1.29, 1.82) is 0 Å². The van der Waals surface area contributed by atoms with E-state index in [-0.39, 0.29) is 16.6 Å². The van der Waals surface area contributed by atoms with E-state index in [2.05, 4.69) is 31.7 Å². The standard InChI is InChI=1S/C14H18N8O4S3/c1-6-17-18-14(29-6)28-4-7-3-27-12-9(11(24)22(12)10(7)13(25)26)16-8(23)2-21-5-15-19-20-21/h3,5-6,9-10,12,14,17-18H,2,4H2,1H3,(H,16,23)(H,25,26)/t6?,9-,10?,12-,14?/m1/s1. The summed E-state index contributed by atoms with van der Waals surface area (Å²) in [5.74, 6) is -1.42. The molecule has 4 rings (SSSR count). The summed E-state index contributed by atoms with van der Waals surface area (Å²) in [6.45, 7) is 1.91. The fourth-order valence-corrected chi connectivity index (χ4v) is 6.87. The van der Waals surface area contributed by atoms with Crippen molar-refractivity contribution in [1.82, 2.24) is 41.3 Å². The summed E-state index contributed by atoms with van der Waals surface area (Å²) < 4.78 is 1.35. The first-order valence-electron chi connectivity index (χ1n) is 8.61. The summed E-state index contributed by atoms with van der Waals surface area (Å²) in [5.41, 5.74) is 6.89. The quantitative estimate of drug-likeness (QED) is 0.356. The molecule has 0 aromatic carbocycles. The zero-order valence-electron chi connectivity index (χ0n) is 15.1. The molecule has 12 nitrogen and oxygen atoms in total. The molecule has 5 atom stereocenters. The van der Waals surface area contributed by atoms with E-state index in [0.717, 1.165) is 0 Å². The van der Waals surface area contributed by atoms with Crippen LogP contribution in [0.2, 0.25) is 0 Å². The molecule has 0 aliphatic carbocycles. The second-order valence-electron chi connectivity index (χ2n) is 6.47. The second-order valence-corrected chi connectivity index (χ2v) is 10.3. The molecule has 1 aromatic rings. The topological polar surface area (TPSA) is 154 Å². The number of carboxylic acid groups (broad SMARTS) is 1. The highest BCUT2D eigenvalue weighted by Gasteiger charge is 2.55. The van der Waals surface area contributed by atoms with E-state index in [1.165, 1.54) is 27.7 Å². The zero-order chi connectivity index (χ0) is 20.5. The van der Waals surface area contributed by atoms with Crippen LogP contribution in [0.4, 0.5) is 0 Å². The van der Waals surface area contributed by atoms with E-state index >= 15 is 0 Å². The number of tetrazole rings is 1. The molecule has 0 radical (unpaired) electrons. The van der Waals surface area contributed by atoms with Gasteiger partial charge in [-0.15, -0.1) is 40.4 Å². The van der Waals surface area contributed by atoms with Crippen LogP contribution in [-0.4, -0.2) is 81.3 Å². The minimum Gasteiger partial charge on any atom is -0.479 e. The van der Waals surface area contributed by atoms with Crippen LogP contribution in [0.15, 0.2) is 17.3 Å². The molecule has 2 saturated heterocycles. The van der Waals surface area contributed by atoms with Gasteiger partial charge in [-0.25, -0.2) is 20.3 Å². The molecule has 0 saturated carbocycles. The van der Waals surface area contributed by atoms with Crippen molar-refractivity contribution >= 4 is 53.1 Å². The lowest BCUT2D eigenvalue weighted by molar-refractivity contribution is -0.160. The predicted octanol–water partition coefficient (Wildman–Crippen LogP) is -1.39. The number of thioether (sulfide) groups is 3. The van der Waals surface area contributed by atoms with Gasteiger partial charge in [0.1, 0.15) is 29.0 Å². The van der Waals surface area contributed by atoms with E-state index in [0.29, 0.717) is 11.3 Å². The van der Waals surface area contributed by atoms with Gasteiger partial charge in [-0.2, -0.15) is 0 Å². The summed E-state index contributed by atoms with van der Waals surface area (Å²) in [4.78, 5) is 38.0. The zero-order valence-corrected chi connectivity index (χ0v) is 17.5. The number of hydrogen-bond acceptors (Lipinski definition) is 11. The number of carbonyl (C=O) groups excluding carboxylic acids is 2. The largest absolute Gasteiger partial charge is 0.479 e. The molecule has 2 fully saturated rings. The molecule has 29 heavy (non-hydrogen) atoms. The molecule has 2 amide bonds. The fourth-order valence-electron chi connectivity index (χ4n) is 3.14. The van der Waals surface area contributed by atoms with Crippen LogP contribution in [0.25, 0.3) is 0 Å². The molecule has 4 heterocycles. The van der Waals surface area contributed by atoms with E-state index in [4.69, 9.17) is 0 Å². The minimum absolute atomic E-state index is 0.105. The number of rotatable bonds is 7. The van der Waals surface area contributed by atoms with Crippen LogP contribution < -0.4 is 16.2 Å². The maximum Gasteiger partial charge on any atom is 0.330 e. The Morgan fingerprint density at radius 1 is 1.41 bits per heavy atom. The number of carbonyl (C=O) groups is 3. The molecule has 4 N–H and O–H groups in total. The Balaban J connectivity index is 1.38. The lowest BCUT2D eigenvalue weighted by Crippen LogP contribution is -2.74. The number of hydrogen-bond donors (Lipinski definition) is 4. The van der Waals surface area contributed by atoms with Crippen molar-refractivity contribution in [3.8, 4) is 0 Å². The lowest BCUT2D eigenvalue weighted by atomic mass is 9.99. The van der Waals surface area contributed by atoms with Gasteiger partial charge in [0.05, 0.1) is 5.37 Å². The van der Waals surface area contributed by atoms with Gasteiger partial charge in [-0.05, 0) is 28.3 Å². The summed E-state index contributed by atoms with van der Waals surface area (Å²) in [6.07, 6.45) is 1.30. The number of carboxylic acids is 1. The Bertz CT molecular complexity index is 837. The molecule has 3 aliphatic rings. The van der Waals surface area contributed by atoms with E-state index in [9.17, 15) is 19.5 Å². The Morgan fingerprint density at radius 2 is 2.24 bits per heavy atom. The fraction of sp³-hybridized carbons (Fsp3) is 0.571. The molecule has 1 aromatic heterocycles. The van der Waals surface area contributed by atoms with Gasteiger partial charge in [0, 0.05) is 5.75 Å². The van der Waals surface area contributed by atoms with Crippen molar-refractivity contribution in [3.05, 3.63) is 17.3 Å².